The van der Waals surface area contributed by atoms with E-state index in [2.05, 4.69) is 25.2 Å². The first-order chi connectivity index (χ1) is 12.4. The Morgan fingerprint density at radius 3 is 2.56 bits per heavy atom. The van der Waals surface area contributed by atoms with Crippen LogP contribution < -0.4 is 20.5 Å². The Labute approximate surface area is 167 Å². The van der Waals surface area contributed by atoms with Gasteiger partial charge in [-0.15, -0.1) is 12.4 Å². The highest BCUT2D eigenvalue weighted by molar-refractivity contribution is 5.85. The fourth-order valence-electron chi connectivity index (χ4n) is 4.88. The summed E-state index contributed by atoms with van der Waals surface area (Å²) in [4.78, 5) is 12.8. The first-order valence-electron chi connectivity index (χ1n) is 9.87. The van der Waals surface area contributed by atoms with Crippen LogP contribution in [0.15, 0.2) is 18.2 Å². The minimum atomic E-state index is -0.169. The van der Waals surface area contributed by atoms with E-state index in [1.807, 2.05) is 12.1 Å². The minimum Gasteiger partial charge on any atom is -0.454 e. The maximum atomic E-state index is 12.8. The Morgan fingerprint density at radius 1 is 1.19 bits per heavy atom. The number of nitrogens with one attached hydrogen (secondary N) is 1. The van der Waals surface area contributed by atoms with Gasteiger partial charge in [-0.25, -0.2) is 0 Å². The second-order valence-corrected chi connectivity index (χ2v) is 8.87. The van der Waals surface area contributed by atoms with E-state index in [4.69, 9.17) is 15.2 Å². The Bertz CT molecular complexity index is 680. The minimum absolute atomic E-state index is 0. The molecule has 27 heavy (non-hydrogen) atoms. The zero-order chi connectivity index (χ0) is 18.3. The van der Waals surface area contributed by atoms with Crippen molar-refractivity contribution in [3.8, 4) is 11.5 Å². The van der Waals surface area contributed by atoms with Crippen molar-refractivity contribution in [2.24, 2.45) is 23.5 Å². The first kappa shape index (κ1) is 20.3. The summed E-state index contributed by atoms with van der Waals surface area (Å²) in [6.07, 6.45) is 5.55. The Balaban J connectivity index is 0.00000210. The monoisotopic (exact) mass is 394 g/mol. The average molecular weight is 395 g/mol. The molecule has 0 radical (unpaired) electrons. The summed E-state index contributed by atoms with van der Waals surface area (Å²) in [6, 6.07) is 6.34. The van der Waals surface area contributed by atoms with E-state index in [-0.39, 0.29) is 36.4 Å². The van der Waals surface area contributed by atoms with Crippen LogP contribution in [0, 0.1) is 17.8 Å². The molecule has 0 saturated heterocycles. The van der Waals surface area contributed by atoms with Gasteiger partial charge in [0.2, 0.25) is 12.7 Å². The molecule has 0 spiro atoms. The van der Waals surface area contributed by atoms with Gasteiger partial charge in [-0.1, -0.05) is 26.3 Å². The molecule has 150 valence electrons. The van der Waals surface area contributed by atoms with Crippen molar-refractivity contribution < 1.29 is 14.3 Å². The van der Waals surface area contributed by atoms with Crippen LogP contribution in [0.1, 0.15) is 51.5 Å². The van der Waals surface area contributed by atoms with E-state index in [9.17, 15) is 4.79 Å². The van der Waals surface area contributed by atoms with Crippen LogP contribution in [0.2, 0.25) is 0 Å². The molecule has 6 heteroatoms. The molecule has 1 aromatic rings. The van der Waals surface area contributed by atoms with Gasteiger partial charge in [0.05, 0.1) is 0 Å². The molecule has 0 aromatic heterocycles. The van der Waals surface area contributed by atoms with Gasteiger partial charge in [0.1, 0.15) is 0 Å². The van der Waals surface area contributed by atoms with Gasteiger partial charge >= 0.3 is 0 Å². The molecule has 4 rings (SSSR count). The van der Waals surface area contributed by atoms with E-state index >= 15 is 0 Å². The van der Waals surface area contributed by atoms with Crippen molar-refractivity contribution in [3.63, 3.8) is 0 Å². The topological polar surface area (TPSA) is 73.6 Å². The number of carbonyl (C=O) groups excluding carboxylic acids is 1. The van der Waals surface area contributed by atoms with E-state index < -0.39 is 0 Å². The maximum Gasteiger partial charge on any atom is 0.231 e. The third-order valence-corrected chi connectivity index (χ3v) is 6.64. The predicted molar refractivity (Wildman–Crippen MR) is 107 cm³/mol. The Morgan fingerprint density at radius 2 is 1.85 bits per heavy atom. The lowest BCUT2D eigenvalue weighted by atomic mass is 9.65. The molecule has 2 aliphatic carbocycles. The zero-order valence-corrected chi connectivity index (χ0v) is 17.0. The van der Waals surface area contributed by atoms with Gasteiger partial charge < -0.3 is 20.5 Å². The van der Waals surface area contributed by atoms with Crippen LogP contribution in [-0.4, -0.2) is 25.3 Å². The van der Waals surface area contributed by atoms with Gasteiger partial charge in [-0.3, -0.25) is 4.79 Å². The molecule has 3 N–H and O–H groups in total. The van der Waals surface area contributed by atoms with Crippen LogP contribution in [-0.2, 0) is 10.2 Å². The number of hydrogen-bond acceptors (Lipinski definition) is 4. The molecule has 2 atom stereocenters. The number of fused-ring (bicyclic) bond motifs is 3. The number of halogens is 1. The van der Waals surface area contributed by atoms with Crippen LogP contribution in [0.25, 0.3) is 0 Å². The summed E-state index contributed by atoms with van der Waals surface area (Å²) >= 11 is 0. The molecule has 2 saturated carbocycles. The zero-order valence-electron chi connectivity index (χ0n) is 16.2. The number of rotatable bonds is 4. The van der Waals surface area contributed by atoms with Gasteiger partial charge in [0.15, 0.2) is 11.5 Å². The number of amides is 1. The summed E-state index contributed by atoms with van der Waals surface area (Å²) in [6.45, 7) is 5.19. The quantitative estimate of drug-likeness (QED) is 0.820. The van der Waals surface area contributed by atoms with Crippen LogP contribution >= 0.6 is 12.4 Å². The summed E-state index contributed by atoms with van der Waals surface area (Å²) in [7, 11) is 0. The summed E-state index contributed by atoms with van der Waals surface area (Å²) < 4.78 is 10.9. The SMILES string of the molecule is CC(C)(CNC(=O)C1CC2CCCC(C1)C2N)c1ccc2c(c1)OCO2.Cl. The van der Waals surface area contributed by atoms with Gasteiger partial charge in [0, 0.05) is 23.9 Å². The Kier molecular flexibility index (Phi) is 5.92. The van der Waals surface area contributed by atoms with E-state index in [0.29, 0.717) is 24.4 Å². The Hall–Kier alpha value is -1.46. The standard InChI is InChI=1S/C21H30N2O3.ClH/c1-21(2,16-6-7-17-18(10-16)26-12-25-17)11-23-20(24)15-8-13-4-3-5-14(9-15)19(13)22;/h6-7,10,13-15,19H,3-5,8-9,11-12,22H2,1-2H3,(H,23,24);1H. The van der Waals surface area contributed by atoms with Gasteiger partial charge in [-0.2, -0.15) is 0 Å². The molecule has 1 aromatic carbocycles. The molecule has 1 aliphatic heterocycles. The highest BCUT2D eigenvalue weighted by atomic mass is 35.5. The molecule has 2 unspecified atom stereocenters. The molecule has 3 aliphatic rings. The lowest BCUT2D eigenvalue weighted by Crippen LogP contribution is -2.50. The van der Waals surface area contributed by atoms with Crippen LogP contribution in [0.5, 0.6) is 11.5 Å². The van der Waals surface area contributed by atoms with E-state index in [1.165, 1.54) is 19.3 Å². The number of benzene rings is 1. The summed E-state index contributed by atoms with van der Waals surface area (Å²) in [5, 5.41) is 3.21. The van der Waals surface area contributed by atoms with Crippen LogP contribution in [0.3, 0.4) is 0 Å². The predicted octanol–water partition coefficient (Wildman–Crippen LogP) is 3.38. The van der Waals surface area contributed by atoms with Gasteiger partial charge in [0.25, 0.3) is 0 Å². The molecule has 2 fully saturated rings. The van der Waals surface area contributed by atoms with Crippen molar-refractivity contribution in [1.82, 2.24) is 5.32 Å². The number of ether oxygens (including phenoxy) is 2. The fraction of sp³-hybridized carbons (Fsp3) is 0.667. The summed E-state index contributed by atoms with van der Waals surface area (Å²) in [5.74, 6) is 2.95. The number of hydrogen-bond donors (Lipinski definition) is 2. The van der Waals surface area contributed by atoms with Crippen molar-refractivity contribution >= 4 is 18.3 Å². The third kappa shape index (κ3) is 4.04. The highest BCUT2D eigenvalue weighted by Crippen LogP contribution is 2.42. The van der Waals surface area contributed by atoms with Crippen molar-refractivity contribution in [2.45, 2.75) is 57.4 Å². The van der Waals surface area contributed by atoms with Crippen molar-refractivity contribution in [2.75, 3.05) is 13.3 Å². The van der Waals surface area contributed by atoms with E-state index in [0.717, 1.165) is 29.9 Å². The maximum absolute atomic E-state index is 12.8. The molecule has 1 amide bonds. The highest BCUT2D eigenvalue weighted by Gasteiger charge is 2.40. The lowest BCUT2D eigenvalue weighted by Gasteiger charge is -2.43. The van der Waals surface area contributed by atoms with Crippen molar-refractivity contribution in [1.29, 1.82) is 0 Å². The second kappa shape index (κ2) is 7.88. The lowest BCUT2D eigenvalue weighted by molar-refractivity contribution is -0.128. The largest absolute Gasteiger partial charge is 0.454 e. The molecule has 5 nitrogen and oxygen atoms in total. The molecule has 2 bridgehead atoms. The number of carbonyl (C=O) groups is 1. The smallest absolute Gasteiger partial charge is 0.231 e. The number of nitrogens with two attached hydrogens (primary N) is 1. The van der Waals surface area contributed by atoms with Crippen molar-refractivity contribution in [3.05, 3.63) is 23.8 Å². The molecule has 1 heterocycles. The van der Waals surface area contributed by atoms with Crippen LogP contribution in [0.4, 0.5) is 0 Å². The molecular formula is C21H31ClN2O3. The first-order valence-corrected chi connectivity index (χ1v) is 9.87. The second-order valence-electron chi connectivity index (χ2n) is 8.87. The average Bonchev–Trinajstić information content (AvgIpc) is 3.07. The van der Waals surface area contributed by atoms with Gasteiger partial charge in [-0.05, 0) is 55.2 Å². The fourth-order valence-corrected chi connectivity index (χ4v) is 4.88. The third-order valence-electron chi connectivity index (χ3n) is 6.64. The van der Waals surface area contributed by atoms with E-state index in [1.54, 1.807) is 0 Å². The normalized spacial score (nSPS) is 29.0. The molecular weight excluding hydrogens is 364 g/mol. The summed E-state index contributed by atoms with van der Waals surface area (Å²) in [5.41, 5.74) is 7.33.